The molecule has 0 saturated heterocycles. The number of hydrogen-bond donors (Lipinski definition) is 0. The van der Waals surface area contributed by atoms with Crippen molar-refractivity contribution in [2.45, 2.75) is 13.8 Å². The van der Waals surface area contributed by atoms with Gasteiger partial charge in [-0.05, 0) is 24.6 Å². The van der Waals surface area contributed by atoms with Crippen molar-refractivity contribution >= 4 is 11.6 Å². The molecule has 1 heterocycles. The minimum atomic E-state index is 0.0696. The molecule has 0 saturated carbocycles. The average molecular weight is 191 g/mol. The second-order valence-electron chi connectivity index (χ2n) is 3.49. The second-order valence-corrected chi connectivity index (χ2v) is 3.49. The van der Waals surface area contributed by atoms with E-state index in [1.165, 1.54) is 0 Å². The van der Waals surface area contributed by atoms with Crippen LogP contribution in [0.2, 0.25) is 0 Å². The molecule has 0 spiro atoms. The molecule has 74 valence electrons. The lowest BCUT2D eigenvalue weighted by molar-refractivity contribution is -0.116. The smallest absolute Gasteiger partial charge is 0.224 e. The van der Waals surface area contributed by atoms with Crippen LogP contribution in [0.1, 0.15) is 12.5 Å². The van der Waals surface area contributed by atoms with E-state index in [0.29, 0.717) is 13.2 Å². The quantitative estimate of drug-likeness (QED) is 0.625. The molecule has 0 aromatic heterocycles. The van der Waals surface area contributed by atoms with Crippen molar-refractivity contribution < 1.29 is 9.53 Å². The molecule has 2 rings (SSSR count). The van der Waals surface area contributed by atoms with Crippen LogP contribution in [0.15, 0.2) is 18.2 Å². The van der Waals surface area contributed by atoms with E-state index in [1.807, 2.05) is 25.1 Å². The molecule has 3 nitrogen and oxygen atoms in total. The lowest BCUT2D eigenvalue weighted by atomic mass is 10.1. The molecule has 1 aliphatic rings. The van der Waals surface area contributed by atoms with E-state index >= 15 is 0 Å². The summed E-state index contributed by atoms with van der Waals surface area (Å²) in [6.45, 7) is 4.81. The minimum Gasteiger partial charge on any atom is -0.490 e. The Kier molecular flexibility index (Phi) is 2.15. The summed E-state index contributed by atoms with van der Waals surface area (Å²) in [7, 11) is 0. The fourth-order valence-corrected chi connectivity index (χ4v) is 1.65. The molecular formula is C11H13NO2. The van der Waals surface area contributed by atoms with E-state index in [9.17, 15) is 4.79 Å². The standard InChI is InChI=1S/C11H13NO2/c1-8-3-4-11-10(7-8)12(9(2)13)5-6-14-11/h3-4,7H,5-6H2,1-2H3. The highest BCUT2D eigenvalue weighted by molar-refractivity contribution is 5.93. The Morgan fingerprint density at radius 3 is 3.00 bits per heavy atom. The second kappa shape index (κ2) is 3.33. The van der Waals surface area contributed by atoms with Gasteiger partial charge in [-0.2, -0.15) is 0 Å². The molecule has 3 heteroatoms. The van der Waals surface area contributed by atoms with Gasteiger partial charge in [0.15, 0.2) is 0 Å². The summed E-state index contributed by atoms with van der Waals surface area (Å²) in [5.41, 5.74) is 2.03. The normalized spacial score (nSPS) is 14.6. The van der Waals surface area contributed by atoms with Gasteiger partial charge in [-0.3, -0.25) is 4.79 Å². The van der Waals surface area contributed by atoms with Gasteiger partial charge in [0.25, 0.3) is 0 Å². The first-order valence-corrected chi connectivity index (χ1v) is 4.70. The van der Waals surface area contributed by atoms with Gasteiger partial charge in [0.1, 0.15) is 12.4 Å². The monoisotopic (exact) mass is 191 g/mol. The van der Waals surface area contributed by atoms with Crippen LogP contribution in [-0.2, 0) is 4.79 Å². The molecule has 0 unspecified atom stereocenters. The highest BCUT2D eigenvalue weighted by atomic mass is 16.5. The van der Waals surface area contributed by atoms with Crippen molar-refractivity contribution in [2.24, 2.45) is 0 Å². The van der Waals surface area contributed by atoms with Crippen molar-refractivity contribution in [3.63, 3.8) is 0 Å². The summed E-state index contributed by atoms with van der Waals surface area (Å²) in [6, 6.07) is 5.89. The number of carbonyl (C=O) groups is 1. The fraction of sp³-hybridized carbons (Fsp3) is 0.364. The van der Waals surface area contributed by atoms with E-state index in [0.717, 1.165) is 17.0 Å². The number of rotatable bonds is 0. The number of fused-ring (bicyclic) bond motifs is 1. The number of ether oxygens (including phenoxy) is 1. The van der Waals surface area contributed by atoms with Crippen LogP contribution in [0.3, 0.4) is 0 Å². The molecule has 0 radical (unpaired) electrons. The fourth-order valence-electron chi connectivity index (χ4n) is 1.65. The molecule has 0 atom stereocenters. The molecule has 14 heavy (non-hydrogen) atoms. The third kappa shape index (κ3) is 1.45. The Balaban J connectivity index is 2.46. The SMILES string of the molecule is CC(=O)N1CCOc2ccc(C)cc21. The first-order chi connectivity index (χ1) is 6.68. The van der Waals surface area contributed by atoms with Gasteiger partial charge < -0.3 is 9.64 Å². The summed E-state index contributed by atoms with van der Waals surface area (Å²) in [5.74, 6) is 0.872. The Morgan fingerprint density at radius 2 is 2.29 bits per heavy atom. The minimum absolute atomic E-state index is 0.0696. The van der Waals surface area contributed by atoms with Crippen molar-refractivity contribution in [3.05, 3.63) is 23.8 Å². The largest absolute Gasteiger partial charge is 0.490 e. The average Bonchev–Trinajstić information content (AvgIpc) is 2.16. The van der Waals surface area contributed by atoms with E-state index in [4.69, 9.17) is 4.74 Å². The highest BCUT2D eigenvalue weighted by Gasteiger charge is 2.20. The summed E-state index contributed by atoms with van der Waals surface area (Å²) < 4.78 is 5.46. The summed E-state index contributed by atoms with van der Waals surface area (Å²) in [5, 5.41) is 0. The van der Waals surface area contributed by atoms with Crippen LogP contribution in [0.4, 0.5) is 5.69 Å². The molecular weight excluding hydrogens is 178 g/mol. The van der Waals surface area contributed by atoms with Crippen LogP contribution >= 0.6 is 0 Å². The van der Waals surface area contributed by atoms with Crippen LogP contribution in [0.25, 0.3) is 0 Å². The van der Waals surface area contributed by atoms with Gasteiger partial charge in [0.05, 0.1) is 12.2 Å². The molecule has 1 amide bonds. The number of nitrogens with zero attached hydrogens (tertiary/aromatic N) is 1. The van der Waals surface area contributed by atoms with Crippen LogP contribution in [0.5, 0.6) is 5.75 Å². The maximum atomic E-state index is 11.3. The van der Waals surface area contributed by atoms with Gasteiger partial charge in [-0.15, -0.1) is 0 Å². The number of hydrogen-bond acceptors (Lipinski definition) is 2. The zero-order valence-corrected chi connectivity index (χ0v) is 8.41. The first-order valence-electron chi connectivity index (χ1n) is 4.70. The van der Waals surface area contributed by atoms with E-state index < -0.39 is 0 Å². The summed E-state index contributed by atoms with van der Waals surface area (Å²) in [4.78, 5) is 13.1. The van der Waals surface area contributed by atoms with Crippen molar-refractivity contribution in [1.82, 2.24) is 0 Å². The Labute approximate surface area is 83.3 Å². The lowest BCUT2D eigenvalue weighted by Gasteiger charge is -2.28. The molecule has 0 fully saturated rings. The number of benzene rings is 1. The van der Waals surface area contributed by atoms with Crippen LogP contribution in [0, 0.1) is 6.92 Å². The summed E-state index contributed by atoms with van der Waals surface area (Å²) >= 11 is 0. The lowest BCUT2D eigenvalue weighted by Crippen LogP contribution is -2.36. The molecule has 1 aliphatic heterocycles. The van der Waals surface area contributed by atoms with Crippen molar-refractivity contribution in [3.8, 4) is 5.75 Å². The maximum absolute atomic E-state index is 11.3. The number of amides is 1. The zero-order valence-electron chi connectivity index (χ0n) is 8.41. The number of anilines is 1. The molecule has 0 bridgehead atoms. The van der Waals surface area contributed by atoms with Gasteiger partial charge in [-0.25, -0.2) is 0 Å². The van der Waals surface area contributed by atoms with Crippen LogP contribution in [-0.4, -0.2) is 19.1 Å². The Bertz CT molecular complexity index is 374. The zero-order chi connectivity index (χ0) is 10.1. The first kappa shape index (κ1) is 9.06. The predicted octanol–water partition coefficient (Wildman–Crippen LogP) is 1.74. The van der Waals surface area contributed by atoms with E-state index in [1.54, 1.807) is 11.8 Å². The molecule has 1 aromatic rings. The predicted molar refractivity (Wildman–Crippen MR) is 54.7 cm³/mol. The number of carbonyl (C=O) groups excluding carboxylic acids is 1. The third-order valence-corrected chi connectivity index (χ3v) is 2.36. The summed E-state index contributed by atoms with van der Waals surface area (Å²) in [6.07, 6.45) is 0. The van der Waals surface area contributed by atoms with Crippen molar-refractivity contribution in [2.75, 3.05) is 18.1 Å². The molecule has 1 aromatic carbocycles. The van der Waals surface area contributed by atoms with Gasteiger partial charge in [0.2, 0.25) is 5.91 Å². The van der Waals surface area contributed by atoms with E-state index in [2.05, 4.69) is 0 Å². The van der Waals surface area contributed by atoms with Crippen LogP contribution < -0.4 is 9.64 Å². The number of aryl methyl sites for hydroxylation is 1. The van der Waals surface area contributed by atoms with Gasteiger partial charge in [0, 0.05) is 6.92 Å². The molecule has 0 aliphatic carbocycles. The van der Waals surface area contributed by atoms with Crippen molar-refractivity contribution in [1.29, 1.82) is 0 Å². The van der Waals surface area contributed by atoms with E-state index in [-0.39, 0.29) is 5.91 Å². The Hall–Kier alpha value is -1.51. The van der Waals surface area contributed by atoms with Gasteiger partial charge in [-0.1, -0.05) is 6.07 Å². The third-order valence-electron chi connectivity index (χ3n) is 2.36. The molecule has 0 N–H and O–H groups in total. The highest BCUT2D eigenvalue weighted by Crippen LogP contribution is 2.32. The topological polar surface area (TPSA) is 29.5 Å². The van der Waals surface area contributed by atoms with Gasteiger partial charge >= 0.3 is 0 Å². The maximum Gasteiger partial charge on any atom is 0.224 e. The Morgan fingerprint density at radius 1 is 1.50 bits per heavy atom.